The van der Waals surface area contributed by atoms with Crippen LogP contribution in [0.4, 0.5) is 16.2 Å². The van der Waals surface area contributed by atoms with Gasteiger partial charge in [-0.1, -0.05) is 0 Å². The number of amides is 3. The third-order valence-electron chi connectivity index (χ3n) is 2.18. The minimum absolute atomic E-state index is 0.117. The van der Waals surface area contributed by atoms with E-state index in [9.17, 15) is 24.5 Å². The van der Waals surface area contributed by atoms with E-state index < -0.39 is 35.9 Å². The smallest absolute Gasteiger partial charge is 0.322 e. The largest absolute Gasteiger partial charge is 0.480 e. The Labute approximate surface area is 118 Å². The summed E-state index contributed by atoms with van der Waals surface area (Å²) < 4.78 is 0. The number of carbonyl (C=O) groups is 3. The number of nitrogens with zero attached hydrogens (tertiary/aromatic N) is 1. The molecule has 0 aromatic heterocycles. The molecule has 1 aromatic rings. The molecule has 3 amide bonds. The van der Waals surface area contributed by atoms with E-state index in [-0.39, 0.29) is 5.69 Å². The lowest BCUT2D eigenvalue weighted by Gasteiger charge is -2.07. The van der Waals surface area contributed by atoms with Crippen molar-refractivity contribution >= 4 is 29.3 Å². The molecule has 0 fully saturated rings. The monoisotopic (exact) mass is 296 g/mol. The molecule has 0 radical (unpaired) electrons. The van der Waals surface area contributed by atoms with E-state index >= 15 is 0 Å². The molecule has 10 heteroatoms. The molecule has 0 atom stereocenters. The first-order chi connectivity index (χ1) is 9.88. The first-order valence-corrected chi connectivity index (χ1v) is 5.66. The normalized spacial score (nSPS) is 9.52. The number of carbonyl (C=O) groups excluding carboxylic acids is 2. The molecular weight excluding hydrogens is 284 g/mol. The average Bonchev–Trinajstić information content (AvgIpc) is 2.43. The highest BCUT2D eigenvalue weighted by atomic mass is 16.6. The number of hydrogen-bond acceptors (Lipinski definition) is 5. The number of nitro benzene ring substituents is 1. The standard InChI is InChI=1S/C11H12N4O6/c16-9(12-6-10(17)18)5-13-11(19)14-7-1-3-8(4-2-7)15(20)21/h1-4H,5-6H2,(H,12,16)(H,17,18)(H2,13,14,19). The van der Waals surface area contributed by atoms with E-state index in [0.29, 0.717) is 5.69 Å². The molecule has 21 heavy (non-hydrogen) atoms. The number of nitro groups is 1. The van der Waals surface area contributed by atoms with E-state index in [0.717, 1.165) is 0 Å². The van der Waals surface area contributed by atoms with Crippen LogP contribution in [0.5, 0.6) is 0 Å². The summed E-state index contributed by atoms with van der Waals surface area (Å²) in [5.41, 5.74) is 0.193. The fourth-order valence-corrected chi connectivity index (χ4v) is 1.24. The van der Waals surface area contributed by atoms with Crippen molar-refractivity contribution in [1.82, 2.24) is 10.6 Å². The van der Waals surface area contributed by atoms with Gasteiger partial charge in [0.05, 0.1) is 11.5 Å². The molecule has 10 nitrogen and oxygen atoms in total. The van der Waals surface area contributed by atoms with Crippen molar-refractivity contribution in [3.63, 3.8) is 0 Å². The number of urea groups is 1. The van der Waals surface area contributed by atoms with Crippen LogP contribution < -0.4 is 16.0 Å². The number of anilines is 1. The zero-order valence-electron chi connectivity index (χ0n) is 10.7. The number of aliphatic carboxylic acids is 1. The van der Waals surface area contributed by atoms with Crippen LogP contribution in [-0.2, 0) is 9.59 Å². The fraction of sp³-hybridized carbons (Fsp3) is 0.182. The maximum absolute atomic E-state index is 11.4. The molecule has 0 bridgehead atoms. The molecule has 112 valence electrons. The third-order valence-corrected chi connectivity index (χ3v) is 2.18. The zero-order valence-corrected chi connectivity index (χ0v) is 10.7. The summed E-state index contributed by atoms with van der Waals surface area (Å²) in [6, 6.07) is 4.41. The first kappa shape index (κ1) is 15.9. The van der Waals surface area contributed by atoms with Crippen LogP contribution in [0.25, 0.3) is 0 Å². The third kappa shape index (κ3) is 6.00. The summed E-state index contributed by atoms with van der Waals surface area (Å²) in [6.07, 6.45) is 0. The molecule has 0 unspecified atom stereocenters. The van der Waals surface area contributed by atoms with Crippen molar-refractivity contribution in [3.8, 4) is 0 Å². The Morgan fingerprint density at radius 1 is 1.10 bits per heavy atom. The van der Waals surface area contributed by atoms with Gasteiger partial charge in [0.25, 0.3) is 5.69 Å². The topological polar surface area (TPSA) is 151 Å². The Kier molecular flexibility index (Phi) is 5.62. The molecule has 0 aliphatic rings. The SMILES string of the molecule is O=C(O)CNC(=O)CNC(=O)Nc1ccc([N+](=O)[O-])cc1. The number of carboxylic acids is 1. The lowest BCUT2D eigenvalue weighted by Crippen LogP contribution is -2.40. The average molecular weight is 296 g/mol. The summed E-state index contributed by atoms with van der Waals surface area (Å²) in [5.74, 6) is -1.85. The number of hydrogen-bond donors (Lipinski definition) is 4. The molecule has 1 rings (SSSR count). The summed E-state index contributed by atoms with van der Waals surface area (Å²) in [6.45, 7) is -0.934. The van der Waals surface area contributed by atoms with E-state index in [1.807, 2.05) is 0 Å². The minimum Gasteiger partial charge on any atom is -0.480 e. The van der Waals surface area contributed by atoms with Gasteiger partial charge in [0, 0.05) is 17.8 Å². The number of nitrogens with one attached hydrogen (secondary N) is 3. The molecule has 0 aliphatic heterocycles. The Morgan fingerprint density at radius 2 is 1.71 bits per heavy atom. The van der Waals surface area contributed by atoms with Crippen LogP contribution >= 0.6 is 0 Å². The van der Waals surface area contributed by atoms with Gasteiger partial charge in [-0.2, -0.15) is 0 Å². The molecule has 0 saturated carbocycles. The van der Waals surface area contributed by atoms with E-state index in [1.54, 1.807) is 0 Å². The Hall–Kier alpha value is -3.17. The second-order valence-corrected chi connectivity index (χ2v) is 3.78. The Bertz CT molecular complexity index is 556. The lowest BCUT2D eigenvalue weighted by molar-refractivity contribution is -0.384. The van der Waals surface area contributed by atoms with Crippen molar-refractivity contribution in [1.29, 1.82) is 0 Å². The van der Waals surface area contributed by atoms with Crippen LogP contribution in [-0.4, -0.2) is 41.0 Å². The van der Waals surface area contributed by atoms with Gasteiger partial charge in [-0.05, 0) is 12.1 Å². The molecule has 0 spiro atoms. The highest BCUT2D eigenvalue weighted by molar-refractivity contribution is 5.92. The highest BCUT2D eigenvalue weighted by Crippen LogP contribution is 2.14. The van der Waals surface area contributed by atoms with Crippen molar-refractivity contribution in [2.24, 2.45) is 0 Å². The van der Waals surface area contributed by atoms with E-state index in [1.165, 1.54) is 24.3 Å². The summed E-state index contributed by atoms with van der Waals surface area (Å²) in [4.78, 5) is 42.6. The van der Waals surface area contributed by atoms with Gasteiger partial charge in [0.1, 0.15) is 6.54 Å². The lowest BCUT2D eigenvalue weighted by atomic mass is 10.3. The summed E-state index contributed by atoms with van der Waals surface area (Å²) in [7, 11) is 0. The maximum atomic E-state index is 11.4. The van der Waals surface area contributed by atoms with Gasteiger partial charge in [0.15, 0.2) is 0 Å². The van der Waals surface area contributed by atoms with E-state index in [4.69, 9.17) is 5.11 Å². The van der Waals surface area contributed by atoms with Crippen molar-refractivity contribution < 1.29 is 24.4 Å². The quantitative estimate of drug-likeness (QED) is 0.425. The van der Waals surface area contributed by atoms with Crippen LogP contribution in [0.2, 0.25) is 0 Å². The zero-order chi connectivity index (χ0) is 15.8. The van der Waals surface area contributed by atoms with Crippen LogP contribution in [0.15, 0.2) is 24.3 Å². The molecule has 0 heterocycles. The number of rotatable bonds is 6. The fourth-order valence-electron chi connectivity index (χ4n) is 1.24. The second kappa shape index (κ2) is 7.43. The number of benzene rings is 1. The van der Waals surface area contributed by atoms with Crippen LogP contribution in [0.3, 0.4) is 0 Å². The minimum atomic E-state index is -1.20. The molecular formula is C11H12N4O6. The van der Waals surface area contributed by atoms with E-state index in [2.05, 4.69) is 16.0 Å². The van der Waals surface area contributed by atoms with Crippen molar-refractivity contribution in [2.75, 3.05) is 18.4 Å². The molecule has 1 aromatic carbocycles. The molecule has 4 N–H and O–H groups in total. The Morgan fingerprint density at radius 3 is 2.24 bits per heavy atom. The van der Waals surface area contributed by atoms with Gasteiger partial charge in [-0.15, -0.1) is 0 Å². The summed E-state index contributed by atoms with van der Waals surface area (Å²) >= 11 is 0. The van der Waals surface area contributed by atoms with Crippen molar-refractivity contribution in [3.05, 3.63) is 34.4 Å². The predicted molar refractivity (Wildman–Crippen MR) is 70.8 cm³/mol. The van der Waals surface area contributed by atoms with Crippen LogP contribution in [0.1, 0.15) is 0 Å². The first-order valence-electron chi connectivity index (χ1n) is 5.66. The molecule has 0 aliphatic carbocycles. The Balaban J connectivity index is 2.38. The number of non-ortho nitro benzene ring substituents is 1. The van der Waals surface area contributed by atoms with Gasteiger partial charge in [-0.25, -0.2) is 4.79 Å². The second-order valence-electron chi connectivity index (χ2n) is 3.78. The van der Waals surface area contributed by atoms with Gasteiger partial charge < -0.3 is 21.1 Å². The van der Waals surface area contributed by atoms with Crippen LogP contribution in [0, 0.1) is 10.1 Å². The maximum Gasteiger partial charge on any atom is 0.322 e. The summed E-state index contributed by atoms with van der Waals surface area (Å²) in [5, 5.41) is 25.4. The molecule has 0 saturated heterocycles. The highest BCUT2D eigenvalue weighted by Gasteiger charge is 2.08. The van der Waals surface area contributed by atoms with Gasteiger partial charge in [0.2, 0.25) is 5.91 Å². The number of carboxylic acid groups (broad SMARTS) is 1. The van der Waals surface area contributed by atoms with Crippen molar-refractivity contribution in [2.45, 2.75) is 0 Å². The van der Waals surface area contributed by atoms with Gasteiger partial charge in [-0.3, -0.25) is 19.7 Å². The predicted octanol–water partition coefficient (Wildman–Crippen LogP) is -0.0829. The van der Waals surface area contributed by atoms with Gasteiger partial charge >= 0.3 is 12.0 Å².